The molecule has 3 nitrogen and oxygen atoms in total. The van der Waals surface area contributed by atoms with Crippen molar-refractivity contribution in [2.75, 3.05) is 5.32 Å². The number of hydrogen-bond donors (Lipinski definition) is 2. The van der Waals surface area contributed by atoms with Gasteiger partial charge in [-0.2, -0.15) is 0 Å². The van der Waals surface area contributed by atoms with E-state index in [1.165, 1.54) is 11.3 Å². The molecule has 0 amide bonds. The zero-order chi connectivity index (χ0) is 17.4. The van der Waals surface area contributed by atoms with Gasteiger partial charge in [0.15, 0.2) is 5.78 Å². The minimum atomic E-state index is -0.183. The van der Waals surface area contributed by atoms with Crippen LogP contribution in [0.25, 0.3) is 0 Å². The molecule has 23 heavy (non-hydrogen) atoms. The average Bonchev–Trinajstić information content (AvgIpc) is 2.72. The van der Waals surface area contributed by atoms with Crippen molar-refractivity contribution in [3.8, 4) is 0 Å². The van der Waals surface area contributed by atoms with E-state index in [4.69, 9.17) is 0 Å². The van der Waals surface area contributed by atoms with Crippen molar-refractivity contribution in [2.45, 2.75) is 78.9 Å². The number of Topliss-reactive ketones (excluding diaryl/α,β-unsaturated/α-hetero) is 1. The number of hydrogen-bond acceptors (Lipinski definition) is 3. The lowest BCUT2D eigenvalue weighted by Gasteiger charge is -2.35. The Labute approximate surface area is 141 Å². The number of rotatable bonds is 5. The van der Waals surface area contributed by atoms with E-state index in [1.807, 2.05) is 19.1 Å². The fourth-order valence-corrected chi connectivity index (χ4v) is 3.98. The van der Waals surface area contributed by atoms with Crippen LogP contribution in [0.1, 0.15) is 70.8 Å². The van der Waals surface area contributed by atoms with Crippen LogP contribution in [0.15, 0.2) is 18.2 Å². The van der Waals surface area contributed by atoms with E-state index in [0.717, 1.165) is 18.4 Å². The first-order valence-corrected chi connectivity index (χ1v) is 8.68. The fraction of sp³-hybridized carbons (Fsp3) is 0.650. The maximum atomic E-state index is 12.8. The highest BCUT2D eigenvalue weighted by Gasteiger charge is 2.29. The molecule has 1 aromatic carbocycles. The Hall–Kier alpha value is -1.35. The summed E-state index contributed by atoms with van der Waals surface area (Å²) in [5, 5.41) is 6.95. The lowest BCUT2D eigenvalue weighted by atomic mass is 9.81. The molecular formula is C20H32N2O. The second-order valence-electron chi connectivity index (χ2n) is 8.97. The molecule has 0 bridgehead atoms. The quantitative estimate of drug-likeness (QED) is 0.790. The molecule has 1 aliphatic heterocycles. The van der Waals surface area contributed by atoms with Gasteiger partial charge in [-0.3, -0.25) is 4.79 Å². The van der Waals surface area contributed by atoms with Gasteiger partial charge in [0.05, 0.1) is 6.04 Å². The van der Waals surface area contributed by atoms with Gasteiger partial charge < -0.3 is 10.6 Å². The third-order valence-electron chi connectivity index (χ3n) is 4.29. The van der Waals surface area contributed by atoms with E-state index in [9.17, 15) is 4.79 Å². The van der Waals surface area contributed by atoms with Crippen molar-refractivity contribution in [2.24, 2.45) is 5.41 Å². The number of carbonyl (C=O) groups is 1. The van der Waals surface area contributed by atoms with Gasteiger partial charge in [-0.15, -0.1) is 0 Å². The molecule has 1 heterocycles. The van der Waals surface area contributed by atoms with Crippen LogP contribution in [-0.4, -0.2) is 23.4 Å². The first-order chi connectivity index (χ1) is 10.5. The molecule has 2 unspecified atom stereocenters. The summed E-state index contributed by atoms with van der Waals surface area (Å²) in [6.07, 6.45) is 2.01. The topological polar surface area (TPSA) is 41.1 Å². The second kappa shape index (κ2) is 6.27. The van der Waals surface area contributed by atoms with Gasteiger partial charge in [-0.05, 0) is 69.7 Å². The van der Waals surface area contributed by atoms with E-state index in [0.29, 0.717) is 6.04 Å². The molecule has 128 valence electrons. The van der Waals surface area contributed by atoms with Crippen LogP contribution in [0, 0.1) is 5.41 Å². The van der Waals surface area contributed by atoms with Crippen molar-refractivity contribution < 1.29 is 4.79 Å². The Kier molecular flexibility index (Phi) is 4.91. The number of benzene rings is 1. The van der Waals surface area contributed by atoms with Crippen LogP contribution in [0.3, 0.4) is 0 Å². The van der Waals surface area contributed by atoms with Gasteiger partial charge in [-0.25, -0.2) is 0 Å². The summed E-state index contributed by atoms with van der Waals surface area (Å²) in [6.45, 7) is 15.2. The standard InChI is InChI=1S/C20H32N2O/c1-13-10-16-11-15(8-9-17(16)21-13)18(23)14(2)22-20(6,7)12-19(3,4)5/h8-9,11,13-14,21-22H,10,12H2,1-7H3. The SMILES string of the molecule is CC1Cc2cc(C(=O)C(C)NC(C)(C)CC(C)(C)C)ccc2N1. The van der Waals surface area contributed by atoms with Crippen molar-refractivity contribution >= 4 is 11.5 Å². The van der Waals surface area contributed by atoms with E-state index in [-0.39, 0.29) is 22.8 Å². The van der Waals surface area contributed by atoms with Crippen molar-refractivity contribution in [3.63, 3.8) is 0 Å². The molecule has 2 atom stereocenters. The minimum Gasteiger partial charge on any atom is -0.382 e. The molecular weight excluding hydrogens is 284 g/mol. The molecule has 2 rings (SSSR count). The molecule has 3 heteroatoms. The molecule has 0 aliphatic carbocycles. The van der Waals surface area contributed by atoms with Gasteiger partial charge in [0.2, 0.25) is 0 Å². The summed E-state index contributed by atoms with van der Waals surface area (Å²) in [4.78, 5) is 12.8. The van der Waals surface area contributed by atoms with E-state index < -0.39 is 0 Å². The number of nitrogens with one attached hydrogen (secondary N) is 2. The third kappa shape index (κ3) is 4.81. The summed E-state index contributed by atoms with van der Waals surface area (Å²) >= 11 is 0. The first-order valence-electron chi connectivity index (χ1n) is 8.68. The second-order valence-corrected chi connectivity index (χ2v) is 8.97. The molecule has 1 aliphatic rings. The van der Waals surface area contributed by atoms with Crippen LogP contribution < -0.4 is 10.6 Å². The molecule has 0 radical (unpaired) electrons. The maximum absolute atomic E-state index is 12.8. The van der Waals surface area contributed by atoms with E-state index in [1.54, 1.807) is 0 Å². The highest BCUT2D eigenvalue weighted by Crippen LogP contribution is 2.29. The van der Waals surface area contributed by atoms with Crippen molar-refractivity contribution in [1.82, 2.24) is 5.32 Å². The summed E-state index contributed by atoms with van der Waals surface area (Å²) < 4.78 is 0. The molecule has 0 aromatic heterocycles. The van der Waals surface area contributed by atoms with Gasteiger partial charge in [-0.1, -0.05) is 20.8 Å². The average molecular weight is 316 g/mol. The summed E-state index contributed by atoms with van der Waals surface area (Å²) in [7, 11) is 0. The van der Waals surface area contributed by atoms with Crippen molar-refractivity contribution in [1.29, 1.82) is 0 Å². The van der Waals surface area contributed by atoms with Crippen LogP contribution in [0.5, 0.6) is 0 Å². The van der Waals surface area contributed by atoms with Gasteiger partial charge in [0.25, 0.3) is 0 Å². The lowest BCUT2D eigenvalue weighted by molar-refractivity contribution is 0.0921. The Bertz CT molecular complexity index is 584. The lowest BCUT2D eigenvalue weighted by Crippen LogP contribution is -2.49. The smallest absolute Gasteiger partial charge is 0.179 e. The van der Waals surface area contributed by atoms with Gasteiger partial charge >= 0.3 is 0 Å². The molecule has 0 fully saturated rings. The first kappa shape index (κ1) is 18.0. The summed E-state index contributed by atoms with van der Waals surface area (Å²) in [6, 6.07) is 6.32. The Morgan fingerprint density at radius 2 is 1.96 bits per heavy atom. The maximum Gasteiger partial charge on any atom is 0.179 e. The van der Waals surface area contributed by atoms with E-state index >= 15 is 0 Å². The normalized spacial score (nSPS) is 19.2. The minimum absolute atomic E-state index is 0.0693. The number of ketones is 1. The predicted octanol–water partition coefficient (Wildman–Crippen LogP) is 4.42. The van der Waals surface area contributed by atoms with Crippen LogP contribution in [-0.2, 0) is 6.42 Å². The predicted molar refractivity (Wildman–Crippen MR) is 98.3 cm³/mol. The van der Waals surface area contributed by atoms with Crippen LogP contribution >= 0.6 is 0 Å². The third-order valence-corrected chi connectivity index (χ3v) is 4.29. The van der Waals surface area contributed by atoms with E-state index in [2.05, 4.69) is 58.2 Å². The Morgan fingerprint density at radius 3 is 2.57 bits per heavy atom. The molecule has 0 spiro atoms. The zero-order valence-electron chi connectivity index (χ0n) is 15.7. The molecule has 0 saturated heterocycles. The molecule has 2 N–H and O–H groups in total. The molecule has 0 saturated carbocycles. The van der Waals surface area contributed by atoms with Crippen LogP contribution in [0.4, 0.5) is 5.69 Å². The number of carbonyl (C=O) groups excluding carboxylic acids is 1. The van der Waals surface area contributed by atoms with Gasteiger partial charge in [0.1, 0.15) is 0 Å². The van der Waals surface area contributed by atoms with Crippen molar-refractivity contribution in [3.05, 3.63) is 29.3 Å². The van der Waals surface area contributed by atoms with Gasteiger partial charge in [0, 0.05) is 22.8 Å². The summed E-state index contributed by atoms with van der Waals surface area (Å²) in [5.74, 6) is 0.175. The Balaban J connectivity index is 2.07. The number of anilines is 1. The summed E-state index contributed by atoms with van der Waals surface area (Å²) in [5.41, 5.74) is 3.40. The highest BCUT2D eigenvalue weighted by atomic mass is 16.1. The Morgan fingerprint density at radius 1 is 1.30 bits per heavy atom. The zero-order valence-corrected chi connectivity index (χ0v) is 15.7. The fourth-order valence-electron chi connectivity index (χ4n) is 3.98. The largest absolute Gasteiger partial charge is 0.382 e. The molecule has 1 aromatic rings. The monoisotopic (exact) mass is 316 g/mol. The highest BCUT2D eigenvalue weighted by molar-refractivity contribution is 6.00. The van der Waals surface area contributed by atoms with Crippen LogP contribution in [0.2, 0.25) is 0 Å². The number of fused-ring (bicyclic) bond motifs is 1.